The predicted octanol–water partition coefficient (Wildman–Crippen LogP) is 1.03. The minimum atomic E-state index is 0.398. The molecule has 9 heavy (non-hydrogen) atoms. The predicted molar refractivity (Wildman–Crippen MR) is 39.7 cm³/mol. The second-order valence-corrected chi connectivity index (χ2v) is 2.57. The van der Waals surface area contributed by atoms with Crippen LogP contribution in [-0.2, 0) is 0 Å². The Morgan fingerprint density at radius 3 is 3.11 bits per heavy atom. The van der Waals surface area contributed by atoms with E-state index in [9.17, 15) is 0 Å². The lowest BCUT2D eigenvalue weighted by Gasteiger charge is -2.14. The zero-order chi connectivity index (χ0) is 6.69. The largest absolute Gasteiger partial charge is 0.291 e. The van der Waals surface area contributed by atoms with Crippen LogP contribution in [0.1, 0.15) is 20.3 Å². The second-order valence-electron chi connectivity index (χ2n) is 2.57. The molecule has 1 N–H and O–H groups in total. The van der Waals surface area contributed by atoms with Crippen molar-refractivity contribution in [2.75, 3.05) is 6.54 Å². The molecule has 0 aliphatic carbocycles. The van der Waals surface area contributed by atoms with Gasteiger partial charge in [0.2, 0.25) is 0 Å². The monoisotopic (exact) mass is 126 g/mol. The van der Waals surface area contributed by atoms with Gasteiger partial charge in [0.15, 0.2) is 0 Å². The van der Waals surface area contributed by atoms with Crippen molar-refractivity contribution in [1.29, 1.82) is 0 Å². The molecule has 0 fully saturated rings. The number of hydrogen-bond donors (Lipinski definition) is 1. The summed E-state index contributed by atoms with van der Waals surface area (Å²) in [5, 5.41) is 3.29. The number of aliphatic imine (C=N–C) groups is 1. The van der Waals surface area contributed by atoms with Crippen LogP contribution in [0.2, 0.25) is 0 Å². The molecule has 1 aliphatic rings. The van der Waals surface area contributed by atoms with Crippen LogP contribution in [0.25, 0.3) is 0 Å². The van der Waals surface area contributed by atoms with Crippen molar-refractivity contribution in [3.8, 4) is 0 Å². The summed E-state index contributed by atoms with van der Waals surface area (Å²) >= 11 is 0. The lowest BCUT2D eigenvalue weighted by Crippen LogP contribution is -2.28. The Morgan fingerprint density at radius 1 is 1.89 bits per heavy atom. The Hall–Kier alpha value is -0.370. The molecule has 0 aromatic carbocycles. The minimum Gasteiger partial charge on any atom is -0.291 e. The maximum atomic E-state index is 4.27. The SMILES string of the molecule is CCC(C)C1N=CCN1. The summed E-state index contributed by atoms with van der Waals surface area (Å²) < 4.78 is 0. The van der Waals surface area contributed by atoms with E-state index >= 15 is 0 Å². The van der Waals surface area contributed by atoms with Crippen molar-refractivity contribution >= 4 is 6.21 Å². The van der Waals surface area contributed by atoms with E-state index in [-0.39, 0.29) is 0 Å². The van der Waals surface area contributed by atoms with Gasteiger partial charge in [-0.05, 0) is 5.92 Å². The van der Waals surface area contributed by atoms with Crippen LogP contribution < -0.4 is 5.32 Å². The van der Waals surface area contributed by atoms with Gasteiger partial charge in [0.05, 0.1) is 0 Å². The van der Waals surface area contributed by atoms with Crippen LogP contribution in [-0.4, -0.2) is 18.9 Å². The highest BCUT2D eigenvalue weighted by atomic mass is 15.1. The van der Waals surface area contributed by atoms with E-state index in [1.165, 1.54) is 6.42 Å². The normalized spacial score (nSPS) is 28.9. The number of nitrogens with zero attached hydrogens (tertiary/aromatic N) is 1. The molecule has 0 amide bonds. The van der Waals surface area contributed by atoms with Gasteiger partial charge in [-0.3, -0.25) is 10.3 Å². The molecular weight excluding hydrogens is 112 g/mol. The molecule has 1 rings (SSSR count). The third kappa shape index (κ3) is 1.52. The van der Waals surface area contributed by atoms with Crippen LogP contribution in [0.5, 0.6) is 0 Å². The summed E-state index contributed by atoms with van der Waals surface area (Å²) in [7, 11) is 0. The first-order chi connectivity index (χ1) is 4.34. The molecule has 0 spiro atoms. The fourth-order valence-corrected chi connectivity index (χ4v) is 0.964. The Morgan fingerprint density at radius 2 is 2.67 bits per heavy atom. The molecule has 0 aromatic heterocycles. The van der Waals surface area contributed by atoms with Gasteiger partial charge >= 0.3 is 0 Å². The quantitative estimate of drug-likeness (QED) is 0.587. The van der Waals surface area contributed by atoms with Crippen molar-refractivity contribution in [2.45, 2.75) is 26.4 Å². The van der Waals surface area contributed by atoms with E-state index in [2.05, 4.69) is 24.2 Å². The molecule has 1 aliphatic heterocycles. The molecule has 2 heteroatoms. The average molecular weight is 126 g/mol. The van der Waals surface area contributed by atoms with Crippen LogP contribution in [0.3, 0.4) is 0 Å². The van der Waals surface area contributed by atoms with E-state index in [1.54, 1.807) is 0 Å². The summed E-state index contributed by atoms with van der Waals surface area (Å²) in [6, 6.07) is 0. The molecule has 52 valence electrons. The van der Waals surface area contributed by atoms with Gasteiger partial charge in [-0.15, -0.1) is 0 Å². The summed E-state index contributed by atoms with van der Waals surface area (Å²) in [6.07, 6.45) is 3.56. The van der Waals surface area contributed by atoms with Gasteiger partial charge in [0.25, 0.3) is 0 Å². The maximum Gasteiger partial charge on any atom is 0.102 e. The smallest absolute Gasteiger partial charge is 0.102 e. The van der Waals surface area contributed by atoms with Crippen molar-refractivity contribution in [3.05, 3.63) is 0 Å². The van der Waals surface area contributed by atoms with Crippen LogP contribution in [0.4, 0.5) is 0 Å². The van der Waals surface area contributed by atoms with Crippen molar-refractivity contribution in [1.82, 2.24) is 5.32 Å². The molecule has 0 radical (unpaired) electrons. The highest BCUT2D eigenvalue weighted by Gasteiger charge is 2.14. The molecule has 2 nitrogen and oxygen atoms in total. The minimum absolute atomic E-state index is 0.398. The van der Waals surface area contributed by atoms with Crippen LogP contribution >= 0.6 is 0 Å². The van der Waals surface area contributed by atoms with E-state index in [0.717, 1.165) is 6.54 Å². The summed E-state index contributed by atoms with van der Waals surface area (Å²) in [5.74, 6) is 0.684. The van der Waals surface area contributed by atoms with E-state index in [0.29, 0.717) is 12.1 Å². The van der Waals surface area contributed by atoms with Crippen molar-refractivity contribution in [2.24, 2.45) is 10.9 Å². The molecule has 0 saturated heterocycles. The number of hydrogen-bond acceptors (Lipinski definition) is 2. The second kappa shape index (κ2) is 2.97. The number of rotatable bonds is 2. The average Bonchev–Trinajstić information content (AvgIpc) is 2.37. The zero-order valence-electron chi connectivity index (χ0n) is 6.09. The first kappa shape index (κ1) is 6.75. The molecule has 2 atom stereocenters. The first-order valence-electron chi connectivity index (χ1n) is 3.59. The lowest BCUT2D eigenvalue weighted by atomic mass is 10.1. The van der Waals surface area contributed by atoms with E-state index in [1.807, 2.05) is 6.21 Å². The third-order valence-corrected chi connectivity index (χ3v) is 1.87. The highest BCUT2D eigenvalue weighted by molar-refractivity contribution is 5.62. The Labute approximate surface area is 56.4 Å². The van der Waals surface area contributed by atoms with Gasteiger partial charge in [0.1, 0.15) is 6.17 Å². The van der Waals surface area contributed by atoms with Crippen LogP contribution in [0, 0.1) is 5.92 Å². The fraction of sp³-hybridized carbons (Fsp3) is 0.857. The third-order valence-electron chi connectivity index (χ3n) is 1.87. The summed E-state index contributed by atoms with van der Waals surface area (Å²) in [4.78, 5) is 4.27. The van der Waals surface area contributed by atoms with Crippen molar-refractivity contribution < 1.29 is 0 Å². The number of nitrogens with one attached hydrogen (secondary N) is 1. The van der Waals surface area contributed by atoms with Gasteiger partial charge < -0.3 is 0 Å². The van der Waals surface area contributed by atoms with Crippen LogP contribution in [0.15, 0.2) is 4.99 Å². The Bertz CT molecular complexity index is 109. The highest BCUT2D eigenvalue weighted by Crippen LogP contribution is 2.09. The topological polar surface area (TPSA) is 24.4 Å². The fourth-order valence-electron chi connectivity index (χ4n) is 0.964. The van der Waals surface area contributed by atoms with Gasteiger partial charge in [-0.25, -0.2) is 0 Å². The molecule has 1 heterocycles. The maximum absolute atomic E-state index is 4.27. The van der Waals surface area contributed by atoms with Gasteiger partial charge in [-0.2, -0.15) is 0 Å². The van der Waals surface area contributed by atoms with E-state index < -0.39 is 0 Å². The zero-order valence-corrected chi connectivity index (χ0v) is 6.09. The molecule has 2 unspecified atom stereocenters. The van der Waals surface area contributed by atoms with Gasteiger partial charge in [-0.1, -0.05) is 20.3 Å². The Balaban J connectivity index is 2.33. The summed E-state index contributed by atoms with van der Waals surface area (Å²) in [5.41, 5.74) is 0. The van der Waals surface area contributed by atoms with E-state index in [4.69, 9.17) is 0 Å². The Kier molecular flexibility index (Phi) is 2.22. The molecule has 0 saturated carbocycles. The van der Waals surface area contributed by atoms with Crippen molar-refractivity contribution in [3.63, 3.8) is 0 Å². The molecular formula is C7H14N2. The molecule has 0 aromatic rings. The summed E-state index contributed by atoms with van der Waals surface area (Å²) in [6.45, 7) is 5.37. The standard InChI is InChI=1S/C7H14N2/c1-3-6(2)7-8-4-5-9-7/h4,6-7,9H,3,5H2,1-2H3. The molecule has 0 bridgehead atoms. The van der Waals surface area contributed by atoms with Gasteiger partial charge in [0, 0.05) is 12.8 Å². The first-order valence-corrected chi connectivity index (χ1v) is 3.59. The lowest BCUT2D eigenvalue weighted by molar-refractivity contribution is 0.410.